The molecule has 1 fully saturated rings. The summed E-state index contributed by atoms with van der Waals surface area (Å²) in [6.07, 6.45) is 0.471. The molecular formula is C20H25NO4. The lowest BCUT2D eigenvalue weighted by molar-refractivity contribution is -0.176. The normalized spacial score (nSPS) is 20.2. The van der Waals surface area contributed by atoms with Gasteiger partial charge in [0.1, 0.15) is 11.5 Å². The Morgan fingerprint density at radius 1 is 1.04 bits per heavy atom. The molecule has 0 aromatic heterocycles. The van der Waals surface area contributed by atoms with E-state index in [4.69, 9.17) is 18.9 Å². The van der Waals surface area contributed by atoms with Gasteiger partial charge < -0.3 is 24.3 Å². The Kier molecular flexibility index (Phi) is 6.28. The Hall–Kier alpha value is -2.08. The van der Waals surface area contributed by atoms with Crippen molar-refractivity contribution in [3.63, 3.8) is 0 Å². The van der Waals surface area contributed by atoms with Gasteiger partial charge in [-0.05, 0) is 29.7 Å². The quantitative estimate of drug-likeness (QED) is 0.838. The van der Waals surface area contributed by atoms with Gasteiger partial charge in [0.2, 0.25) is 0 Å². The van der Waals surface area contributed by atoms with Crippen molar-refractivity contribution >= 4 is 0 Å². The van der Waals surface area contributed by atoms with Crippen LogP contribution in [0, 0.1) is 0 Å². The van der Waals surface area contributed by atoms with E-state index in [0.717, 1.165) is 30.0 Å². The third-order valence-electron chi connectivity index (χ3n) is 4.26. The Labute approximate surface area is 148 Å². The van der Waals surface area contributed by atoms with Crippen molar-refractivity contribution in [1.29, 1.82) is 0 Å². The van der Waals surface area contributed by atoms with Gasteiger partial charge in [0, 0.05) is 12.6 Å². The zero-order valence-electron chi connectivity index (χ0n) is 14.7. The molecule has 1 heterocycles. The first-order valence-corrected chi connectivity index (χ1v) is 8.53. The van der Waals surface area contributed by atoms with Crippen LogP contribution in [-0.2, 0) is 15.9 Å². The van der Waals surface area contributed by atoms with Crippen LogP contribution in [0.5, 0.6) is 11.5 Å². The van der Waals surface area contributed by atoms with Gasteiger partial charge >= 0.3 is 0 Å². The maximum absolute atomic E-state index is 6.03. The largest absolute Gasteiger partial charge is 0.497 e. The minimum Gasteiger partial charge on any atom is -0.497 e. The van der Waals surface area contributed by atoms with Crippen molar-refractivity contribution in [2.45, 2.75) is 18.8 Å². The molecule has 2 atom stereocenters. The predicted octanol–water partition coefficient (Wildman–Crippen LogP) is 2.95. The fourth-order valence-corrected chi connectivity index (χ4v) is 2.97. The molecule has 134 valence electrons. The molecule has 0 aliphatic carbocycles. The van der Waals surface area contributed by atoms with E-state index in [9.17, 15) is 0 Å². The van der Waals surface area contributed by atoms with Crippen LogP contribution in [0.2, 0.25) is 0 Å². The summed E-state index contributed by atoms with van der Waals surface area (Å²) in [7, 11) is 3.31. The van der Waals surface area contributed by atoms with Crippen LogP contribution in [0.3, 0.4) is 0 Å². The van der Waals surface area contributed by atoms with Crippen molar-refractivity contribution in [3.8, 4) is 11.5 Å². The SMILES string of the molecule is COc1cc(CCO[C@@H]2OCCN[C@H]2c2ccccc2)cc(OC)c1. The first kappa shape index (κ1) is 17.7. The molecule has 2 aromatic carbocycles. The molecule has 0 radical (unpaired) electrons. The highest BCUT2D eigenvalue weighted by molar-refractivity contribution is 5.38. The molecule has 2 aromatic rings. The molecule has 1 N–H and O–H groups in total. The zero-order valence-corrected chi connectivity index (χ0v) is 14.7. The van der Waals surface area contributed by atoms with E-state index in [2.05, 4.69) is 17.4 Å². The zero-order chi connectivity index (χ0) is 17.5. The van der Waals surface area contributed by atoms with Crippen LogP contribution in [0.15, 0.2) is 48.5 Å². The summed E-state index contributed by atoms with van der Waals surface area (Å²) in [5.41, 5.74) is 2.28. The second kappa shape index (κ2) is 8.85. The van der Waals surface area contributed by atoms with E-state index >= 15 is 0 Å². The molecule has 3 rings (SSSR count). The molecule has 1 saturated heterocycles. The molecule has 1 aliphatic rings. The fraction of sp³-hybridized carbons (Fsp3) is 0.400. The predicted molar refractivity (Wildman–Crippen MR) is 96.1 cm³/mol. The van der Waals surface area contributed by atoms with Gasteiger partial charge in [-0.3, -0.25) is 0 Å². The third-order valence-corrected chi connectivity index (χ3v) is 4.26. The summed E-state index contributed by atoms with van der Waals surface area (Å²) in [4.78, 5) is 0. The van der Waals surface area contributed by atoms with Gasteiger partial charge in [-0.15, -0.1) is 0 Å². The lowest BCUT2D eigenvalue weighted by Gasteiger charge is -2.33. The molecular weight excluding hydrogens is 318 g/mol. The van der Waals surface area contributed by atoms with Gasteiger partial charge in [0.25, 0.3) is 0 Å². The average molecular weight is 343 g/mol. The van der Waals surface area contributed by atoms with E-state index in [1.54, 1.807) is 14.2 Å². The summed E-state index contributed by atoms with van der Waals surface area (Å²) in [5, 5.41) is 3.48. The summed E-state index contributed by atoms with van der Waals surface area (Å²) < 4.78 is 22.5. The highest BCUT2D eigenvalue weighted by atomic mass is 16.7. The highest BCUT2D eigenvalue weighted by Gasteiger charge is 2.27. The van der Waals surface area contributed by atoms with E-state index < -0.39 is 0 Å². The monoisotopic (exact) mass is 343 g/mol. The minimum absolute atomic E-state index is 0.0507. The lowest BCUT2D eigenvalue weighted by Crippen LogP contribution is -2.43. The van der Waals surface area contributed by atoms with Gasteiger partial charge in [-0.2, -0.15) is 0 Å². The Balaban J connectivity index is 1.60. The highest BCUT2D eigenvalue weighted by Crippen LogP contribution is 2.25. The maximum Gasteiger partial charge on any atom is 0.176 e. The number of nitrogens with one attached hydrogen (secondary N) is 1. The molecule has 0 saturated carbocycles. The molecule has 25 heavy (non-hydrogen) atoms. The van der Waals surface area contributed by atoms with Crippen molar-refractivity contribution in [2.24, 2.45) is 0 Å². The smallest absolute Gasteiger partial charge is 0.176 e. The molecule has 0 amide bonds. The number of hydrogen-bond acceptors (Lipinski definition) is 5. The maximum atomic E-state index is 6.03. The minimum atomic E-state index is -0.288. The summed E-state index contributed by atoms with van der Waals surface area (Å²) in [6.45, 7) is 2.04. The number of hydrogen-bond donors (Lipinski definition) is 1. The second-order valence-corrected chi connectivity index (χ2v) is 5.92. The van der Waals surface area contributed by atoms with E-state index in [1.165, 1.54) is 5.56 Å². The lowest BCUT2D eigenvalue weighted by atomic mass is 10.1. The van der Waals surface area contributed by atoms with Crippen LogP contribution in [-0.4, -0.2) is 40.3 Å². The molecule has 5 nitrogen and oxygen atoms in total. The number of rotatable bonds is 7. The van der Waals surface area contributed by atoms with Crippen LogP contribution in [0.1, 0.15) is 17.2 Å². The average Bonchev–Trinajstić information content (AvgIpc) is 2.68. The standard InChI is InChI=1S/C20H25NO4/c1-22-17-12-15(13-18(14-17)23-2)8-10-24-20-19(21-9-11-25-20)16-6-4-3-5-7-16/h3-7,12-14,19-21H,8-11H2,1-2H3/t19-,20+/m0/s1. The molecule has 0 spiro atoms. The van der Waals surface area contributed by atoms with Crippen molar-refractivity contribution in [2.75, 3.05) is 34.0 Å². The first-order chi connectivity index (χ1) is 12.3. The van der Waals surface area contributed by atoms with Gasteiger partial charge in [-0.25, -0.2) is 0 Å². The number of morpholine rings is 1. The second-order valence-electron chi connectivity index (χ2n) is 5.92. The van der Waals surface area contributed by atoms with Gasteiger partial charge in [0.15, 0.2) is 6.29 Å². The van der Waals surface area contributed by atoms with Gasteiger partial charge in [0.05, 0.1) is 33.5 Å². The van der Waals surface area contributed by atoms with Crippen LogP contribution < -0.4 is 14.8 Å². The molecule has 0 bridgehead atoms. The summed E-state index contributed by atoms with van der Waals surface area (Å²) in [5.74, 6) is 1.57. The Morgan fingerprint density at radius 2 is 1.76 bits per heavy atom. The molecule has 1 aliphatic heterocycles. The van der Waals surface area contributed by atoms with Crippen molar-refractivity contribution in [1.82, 2.24) is 5.32 Å². The van der Waals surface area contributed by atoms with Crippen molar-refractivity contribution in [3.05, 3.63) is 59.7 Å². The molecule has 0 unspecified atom stereocenters. The number of benzene rings is 2. The fourth-order valence-electron chi connectivity index (χ4n) is 2.97. The summed E-state index contributed by atoms with van der Waals surface area (Å²) in [6, 6.07) is 16.2. The topological polar surface area (TPSA) is 49.0 Å². The van der Waals surface area contributed by atoms with E-state index in [0.29, 0.717) is 13.2 Å². The van der Waals surface area contributed by atoms with Crippen LogP contribution in [0.25, 0.3) is 0 Å². The van der Waals surface area contributed by atoms with Crippen LogP contribution in [0.4, 0.5) is 0 Å². The number of ether oxygens (including phenoxy) is 4. The Morgan fingerprint density at radius 3 is 2.44 bits per heavy atom. The Bertz CT molecular complexity index is 640. The van der Waals surface area contributed by atoms with E-state index in [-0.39, 0.29) is 12.3 Å². The molecule has 5 heteroatoms. The van der Waals surface area contributed by atoms with Gasteiger partial charge in [-0.1, -0.05) is 30.3 Å². The third kappa shape index (κ3) is 4.72. The summed E-state index contributed by atoms with van der Waals surface area (Å²) >= 11 is 0. The van der Waals surface area contributed by atoms with E-state index in [1.807, 2.05) is 36.4 Å². The first-order valence-electron chi connectivity index (χ1n) is 8.53. The number of methoxy groups -OCH3 is 2. The van der Waals surface area contributed by atoms with Crippen LogP contribution >= 0.6 is 0 Å². The van der Waals surface area contributed by atoms with Crippen molar-refractivity contribution < 1.29 is 18.9 Å².